The number of amides is 1. The van der Waals surface area contributed by atoms with Gasteiger partial charge in [-0.05, 0) is 60.5 Å². The Morgan fingerprint density at radius 2 is 1.62 bits per heavy atom. The molecule has 0 atom stereocenters. The van der Waals surface area contributed by atoms with Crippen molar-refractivity contribution in [1.82, 2.24) is 0 Å². The molecule has 0 saturated heterocycles. The summed E-state index contributed by atoms with van der Waals surface area (Å²) in [4.78, 5) is 12.8. The first kappa shape index (κ1) is 23.6. The number of halogens is 2. The third-order valence-electron chi connectivity index (χ3n) is 5.15. The second-order valence-electron chi connectivity index (χ2n) is 7.59. The SMILES string of the molecule is Cc1cccc(N(C)S(=O)(=O)c2c(-c3cccc(F)c3)csc2C(=O)Nc2cccc(F)c2)c1. The number of benzene rings is 3. The zero-order chi connectivity index (χ0) is 24.5. The maximum absolute atomic E-state index is 14.0. The van der Waals surface area contributed by atoms with Gasteiger partial charge in [0.1, 0.15) is 21.4 Å². The number of thiophene rings is 1. The van der Waals surface area contributed by atoms with E-state index in [1.165, 1.54) is 48.8 Å². The fraction of sp³-hybridized carbons (Fsp3) is 0.0800. The first-order chi connectivity index (χ1) is 16.2. The van der Waals surface area contributed by atoms with E-state index in [1.54, 1.807) is 24.3 Å². The third-order valence-corrected chi connectivity index (χ3v) is 8.13. The minimum atomic E-state index is -4.25. The van der Waals surface area contributed by atoms with E-state index in [0.29, 0.717) is 11.3 Å². The van der Waals surface area contributed by atoms with Gasteiger partial charge in [-0.25, -0.2) is 17.2 Å². The fourth-order valence-corrected chi connectivity index (χ4v) is 6.31. The van der Waals surface area contributed by atoms with Crippen LogP contribution in [0.25, 0.3) is 11.1 Å². The van der Waals surface area contributed by atoms with Gasteiger partial charge >= 0.3 is 0 Å². The maximum Gasteiger partial charge on any atom is 0.267 e. The first-order valence-electron chi connectivity index (χ1n) is 10.2. The number of sulfonamides is 1. The molecule has 0 spiro atoms. The monoisotopic (exact) mass is 498 g/mol. The van der Waals surface area contributed by atoms with Crippen LogP contribution in [0.2, 0.25) is 0 Å². The summed E-state index contributed by atoms with van der Waals surface area (Å²) in [5, 5.41) is 4.06. The second kappa shape index (κ2) is 9.36. The minimum Gasteiger partial charge on any atom is -0.321 e. The highest BCUT2D eigenvalue weighted by Crippen LogP contribution is 2.38. The molecule has 0 bridgehead atoms. The molecular weight excluding hydrogens is 478 g/mol. The molecule has 3 aromatic carbocycles. The summed E-state index contributed by atoms with van der Waals surface area (Å²) in [6, 6.07) is 17.7. The van der Waals surface area contributed by atoms with Crippen LogP contribution < -0.4 is 9.62 Å². The van der Waals surface area contributed by atoms with Crippen molar-refractivity contribution in [2.45, 2.75) is 11.8 Å². The van der Waals surface area contributed by atoms with Gasteiger partial charge in [0.25, 0.3) is 15.9 Å². The van der Waals surface area contributed by atoms with E-state index in [0.717, 1.165) is 27.3 Å². The van der Waals surface area contributed by atoms with Gasteiger partial charge in [0.2, 0.25) is 0 Å². The lowest BCUT2D eigenvalue weighted by molar-refractivity contribution is 0.102. The van der Waals surface area contributed by atoms with Crippen molar-refractivity contribution in [2.24, 2.45) is 0 Å². The Labute approximate surface area is 200 Å². The van der Waals surface area contributed by atoms with Crippen LogP contribution in [0.4, 0.5) is 20.2 Å². The highest BCUT2D eigenvalue weighted by molar-refractivity contribution is 7.93. The summed E-state index contributed by atoms with van der Waals surface area (Å²) in [6.07, 6.45) is 0. The van der Waals surface area contributed by atoms with Crippen LogP contribution >= 0.6 is 11.3 Å². The Bertz CT molecular complexity index is 1480. The van der Waals surface area contributed by atoms with Gasteiger partial charge in [0, 0.05) is 23.7 Å². The van der Waals surface area contributed by atoms with Crippen LogP contribution in [0.1, 0.15) is 15.2 Å². The lowest BCUT2D eigenvalue weighted by atomic mass is 10.1. The molecule has 1 N–H and O–H groups in total. The van der Waals surface area contributed by atoms with Crippen LogP contribution in [0.15, 0.2) is 83.1 Å². The highest BCUT2D eigenvalue weighted by atomic mass is 32.2. The Hall–Kier alpha value is -3.56. The number of nitrogens with zero attached hydrogens (tertiary/aromatic N) is 1. The number of carbonyl (C=O) groups is 1. The van der Waals surface area contributed by atoms with E-state index in [2.05, 4.69) is 5.32 Å². The average molecular weight is 499 g/mol. The number of carbonyl (C=O) groups excluding carboxylic acids is 1. The molecule has 0 fully saturated rings. The zero-order valence-corrected chi connectivity index (χ0v) is 19.9. The lowest BCUT2D eigenvalue weighted by Gasteiger charge is -2.21. The summed E-state index contributed by atoms with van der Waals surface area (Å²) in [7, 11) is -2.85. The molecule has 0 aliphatic heterocycles. The Morgan fingerprint density at radius 3 is 2.29 bits per heavy atom. The van der Waals surface area contributed by atoms with Crippen molar-refractivity contribution in [1.29, 1.82) is 0 Å². The van der Waals surface area contributed by atoms with Gasteiger partial charge in [-0.1, -0.05) is 30.3 Å². The summed E-state index contributed by atoms with van der Waals surface area (Å²) in [5.74, 6) is -1.80. The molecule has 9 heteroatoms. The van der Waals surface area contributed by atoms with Gasteiger partial charge in [0.15, 0.2) is 0 Å². The van der Waals surface area contributed by atoms with E-state index in [1.807, 2.05) is 13.0 Å². The molecule has 0 aliphatic carbocycles. The molecule has 0 aliphatic rings. The van der Waals surface area contributed by atoms with E-state index < -0.39 is 27.6 Å². The van der Waals surface area contributed by atoms with E-state index in [-0.39, 0.29) is 21.0 Å². The number of nitrogens with one attached hydrogen (secondary N) is 1. The highest BCUT2D eigenvalue weighted by Gasteiger charge is 2.33. The Balaban J connectivity index is 1.86. The molecule has 0 radical (unpaired) electrons. The molecule has 1 heterocycles. The topological polar surface area (TPSA) is 66.5 Å². The number of hydrogen-bond acceptors (Lipinski definition) is 4. The first-order valence-corrected chi connectivity index (χ1v) is 12.5. The van der Waals surface area contributed by atoms with Gasteiger partial charge in [0.05, 0.1) is 5.69 Å². The smallest absolute Gasteiger partial charge is 0.267 e. The molecule has 174 valence electrons. The quantitative estimate of drug-likeness (QED) is 0.350. The van der Waals surface area contributed by atoms with Crippen molar-refractivity contribution in [2.75, 3.05) is 16.7 Å². The Morgan fingerprint density at radius 1 is 0.941 bits per heavy atom. The molecule has 0 unspecified atom stereocenters. The third kappa shape index (κ3) is 4.71. The molecule has 5 nitrogen and oxygen atoms in total. The average Bonchev–Trinajstić information content (AvgIpc) is 3.25. The Kier molecular flexibility index (Phi) is 6.49. The predicted octanol–water partition coefficient (Wildman–Crippen LogP) is 6.08. The van der Waals surface area contributed by atoms with Crippen LogP contribution in [-0.2, 0) is 10.0 Å². The predicted molar refractivity (Wildman–Crippen MR) is 131 cm³/mol. The summed E-state index contributed by atoms with van der Waals surface area (Å²) in [6.45, 7) is 1.84. The van der Waals surface area contributed by atoms with Gasteiger partial charge < -0.3 is 5.32 Å². The minimum absolute atomic E-state index is 0.0944. The van der Waals surface area contributed by atoms with E-state index in [9.17, 15) is 22.0 Å². The maximum atomic E-state index is 14.0. The van der Waals surface area contributed by atoms with Gasteiger partial charge in [-0.2, -0.15) is 0 Å². The molecule has 1 aromatic heterocycles. The van der Waals surface area contributed by atoms with E-state index in [4.69, 9.17) is 0 Å². The largest absolute Gasteiger partial charge is 0.321 e. The second-order valence-corrected chi connectivity index (χ2v) is 10.4. The van der Waals surface area contributed by atoms with Crippen LogP contribution in [0.5, 0.6) is 0 Å². The van der Waals surface area contributed by atoms with Gasteiger partial charge in [-0.3, -0.25) is 9.10 Å². The number of aryl methyl sites for hydroxylation is 1. The van der Waals surface area contributed by atoms with Crippen LogP contribution in [-0.4, -0.2) is 21.4 Å². The number of anilines is 2. The van der Waals surface area contributed by atoms with Crippen LogP contribution in [0.3, 0.4) is 0 Å². The van der Waals surface area contributed by atoms with Crippen molar-refractivity contribution < 1.29 is 22.0 Å². The fourth-order valence-electron chi connectivity index (χ4n) is 3.47. The zero-order valence-electron chi connectivity index (χ0n) is 18.2. The molecular formula is C25H20F2N2O3S2. The molecule has 1 amide bonds. The molecule has 34 heavy (non-hydrogen) atoms. The summed E-state index contributed by atoms with van der Waals surface area (Å²) >= 11 is 0.917. The molecule has 4 aromatic rings. The van der Waals surface area contributed by atoms with Crippen molar-refractivity contribution in [3.8, 4) is 11.1 Å². The summed E-state index contributed by atoms with van der Waals surface area (Å²) < 4.78 is 56.3. The van der Waals surface area contributed by atoms with Crippen molar-refractivity contribution >= 4 is 38.6 Å². The molecule has 0 saturated carbocycles. The summed E-state index contributed by atoms with van der Waals surface area (Å²) in [5.41, 5.74) is 1.97. The van der Waals surface area contributed by atoms with E-state index >= 15 is 0 Å². The van der Waals surface area contributed by atoms with Crippen molar-refractivity contribution in [3.63, 3.8) is 0 Å². The van der Waals surface area contributed by atoms with Crippen LogP contribution in [0, 0.1) is 18.6 Å². The van der Waals surface area contributed by atoms with Gasteiger partial charge in [-0.15, -0.1) is 11.3 Å². The molecule has 4 rings (SSSR count). The van der Waals surface area contributed by atoms with Crippen molar-refractivity contribution in [3.05, 3.63) is 100 Å². The normalized spacial score (nSPS) is 11.3. The number of hydrogen-bond donors (Lipinski definition) is 1. The standard InChI is InChI=1S/C25H20F2N2O3S2/c1-16-6-3-11-21(12-16)29(2)34(31,32)24-22(17-7-4-8-18(26)13-17)15-33-23(24)25(30)28-20-10-5-9-19(27)14-20/h3-15H,1-2H3,(H,28,30). The number of rotatable bonds is 6. The lowest BCUT2D eigenvalue weighted by Crippen LogP contribution is -2.28.